The first-order valence-corrected chi connectivity index (χ1v) is 7.50. The summed E-state index contributed by atoms with van der Waals surface area (Å²) in [4.78, 5) is 13.4. The number of ether oxygens (including phenoxy) is 1. The second-order valence-corrected chi connectivity index (χ2v) is 5.87. The Morgan fingerprint density at radius 2 is 1.91 bits per heavy atom. The van der Waals surface area contributed by atoms with Gasteiger partial charge in [-0.05, 0) is 66.9 Å². The van der Waals surface area contributed by atoms with Gasteiger partial charge in [-0.3, -0.25) is 4.79 Å². The van der Waals surface area contributed by atoms with Crippen molar-refractivity contribution < 1.29 is 13.9 Å². The molecule has 1 aliphatic heterocycles. The van der Waals surface area contributed by atoms with Crippen molar-refractivity contribution >= 4 is 23.9 Å². The largest absolute Gasteiger partial charge is 0.497 e. The lowest BCUT2D eigenvalue weighted by molar-refractivity contribution is 0.0898. The maximum atomic E-state index is 13.4. The third-order valence-corrected chi connectivity index (χ3v) is 4.56. The van der Waals surface area contributed by atoms with Gasteiger partial charge in [-0.2, -0.15) is 0 Å². The van der Waals surface area contributed by atoms with Crippen molar-refractivity contribution in [2.24, 2.45) is 0 Å². The summed E-state index contributed by atoms with van der Waals surface area (Å²) in [5, 5.41) is 0. The fourth-order valence-corrected chi connectivity index (χ4v) is 3.19. The highest BCUT2D eigenvalue weighted by molar-refractivity contribution is 7.97. The Morgan fingerprint density at radius 1 is 1.18 bits per heavy atom. The Morgan fingerprint density at radius 3 is 2.59 bits per heavy atom. The lowest BCUT2D eigenvalue weighted by Crippen LogP contribution is -2.24. The van der Waals surface area contributed by atoms with Crippen LogP contribution in [-0.4, -0.2) is 17.3 Å². The van der Waals surface area contributed by atoms with Crippen molar-refractivity contribution in [3.63, 3.8) is 0 Å². The first kappa shape index (κ1) is 14.7. The first-order valence-electron chi connectivity index (χ1n) is 6.73. The Bertz CT molecular complexity index is 756. The number of nitrogens with zero attached hydrogens (tertiary/aromatic N) is 1. The molecule has 22 heavy (non-hydrogen) atoms. The predicted molar refractivity (Wildman–Crippen MR) is 85.1 cm³/mol. The maximum absolute atomic E-state index is 13.4. The Kier molecular flexibility index (Phi) is 3.90. The standard InChI is InChI=1S/C17H14FNO2S/c1-11-9-13-3-6-14(18)10-16(13)22-19(11)17(20)12-4-7-15(21-2)8-5-12/h3-10H,1-2H3. The summed E-state index contributed by atoms with van der Waals surface area (Å²) in [6, 6.07) is 11.5. The molecule has 0 aromatic heterocycles. The minimum atomic E-state index is -0.309. The van der Waals surface area contributed by atoms with Crippen LogP contribution in [-0.2, 0) is 0 Å². The van der Waals surface area contributed by atoms with Gasteiger partial charge in [-0.15, -0.1) is 0 Å². The average molecular weight is 315 g/mol. The second-order valence-electron chi connectivity index (χ2n) is 4.89. The lowest BCUT2D eigenvalue weighted by Gasteiger charge is -2.26. The van der Waals surface area contributed by atoms with E-state index >= 15 is 0 Å². The van der Waals surface area contributed by atoms with Gasteiger partial charge in [0.2, 0.25) is 0 Å². The quantitative estimate of drug-likeness (QED) is 0.771. The van der Waals surface area contributed by atoms with Crippen LogP contribution in [0.25, 0.3) is 6.08 Å². The molecule has 0 fully saturated rings. The topological polar surface area (TPSA) is 29.5 Å². The zero-order valence-electron chi connectivity index (χ0n) is 12.2. The molecule has 5 heteroatoms. The van der Waals surface area contributed by atoms with Crippen LogP contribution in [0.4, 0.5) is 4.39 Å². The second kappa shape index (κ2) is 5.85. The minimum Gasteiger partial charge on any atom is -0.497 e. The number of carbonyl (C=O) groups excluding carboxylic acids is 1. The number of allylic oxidation sites excluding steroid dienone is 1. The predicted octanol–water partition coefficient (Wildman–Crippen LogP) is 4.36. The van der Waals surface area contributed by atoms with E-state index in [9.17, 15) is 9.18 Å². The van der Waals surface area contributed by atoms with Crippen LogP contribution in [0.15, 0.2) is 53.1 Å². The highest BCUT2D eigenvalue weighted by Gasteiger charge is 2.24. The van der Waals surface area contributed by atoms with Gasteiger partial charge in [0, 0.05) is 16.2 Å². The summed E-state index contributed by atoms with van der Waals surface area (Å²) in [5.74, 6) is 0.245. The van der Waals surface area contributed by atoms with E-state index in [-0.39, 0.29) is 11.7 Å². The van der Waals surface area contributed by atoms with E-state index in [1.807, 2.05) is 13.0 Å². The molecule has 2 aromatic carbocycles. The SMILES string of the molecule is COc1ccc(C(=O)N2Sc3cc(F)ccc3C=C2C)cc1. The molecular formula is C17H14FNO2S. The molecule has 0 saturated heterocycles. The van der Waals surface area contributed by atoms with Gasteiger partial charge in [0.25, 0.3) is 5.91 Å². The van der Waals surface area contributed by atoms with Crippen LogP contribution in [0.5, 0.6) is 5.75 Å². The molecular weight excluding hydrogens is 301 g/mol. The number of methoxy groups -OCH3 is 1. The average Bonchev–Trinajstić information content (AvgIpc) is 2.54. The van der Waals surface area contributed by atoms with Crippen LogP contribution < -0.4 is 4.74 Å². The number of rotatable bonds is 2. The van der Waals surface area contributed by atoms with Crippen LogP contribution in [0.1, 0.15) is 22.8 Å². The van der Waals surface area contributed by atoms with Gasteiger partial charge < -0.3 is 4.74 Å². The normalized spacial score (nSPS) is 13.4. The van der Waals surface area contributed by atoms with Crippen molar-refractivity contribution in [2.45, 2.75) is 11.8 Å². The van der Waals surface area contributed by atoms with Crippen LogP contribution in [0, 0.1) is 5.82 Å². The highest BCUT2D eigenvalue weighted by atomic mass is 32.2. The molecule has 0 radical (unpaired) electrons. The third-order valence-electron chi connectivity index (χ3n) is 3.37. The summed E-state index contributed by atoms with van der Waals surface area (Å²) in [6.07, 6.45) is 1.88. The van der Waals surface area contributed by atoms with Gasteiger partial charge in [-0.1, -0.05) is 6.07 Å². The van der Waals surface area contributed by atoms with E-state index in [0.29, 0.717) is 11.3 Å². The van der Waals surface area contributed by atoms with Crippen molar-refractivity contribution in [2.75, 3.05) is 7.11 Å². The number of hydrogen-bond acceptors (Lipinski definition) is 3. The number of fused-ring (bicyclic) bond motifs is 1. The van der Waals surface area contributed by atoms with E-state index in [0.717, 1.165) is 16.2 Å². The van der Waals surface area contributed by atoms with Gasteiger partial charge in [-0.25, -0.2) is 8.70 Å². The van der Waals surface area contributed by atoms with E-state index < -0.39 is 0 Å². The fraction of sp³-hybridized carbons (Fsp3) is 0.118. The Balaban J connectivity index is 1.90. The molecule has 0 N–H and O–H groups in total. The molecule has 0 atom stereocenters. The molecule has 1 heterocycles. The summed E-state index contributed by atoms with van der Waals surface area (Å²) in [6.45, 7) is 1.86. The van der Waals surface area contributed by atoms with Gasteiger partial charge in [0.15, 0.2) is 0 Å². The van der Waals surface area contributed by atoms with Crippen LogP contribution in [0.3, 0.4) is 0 Å². The highest BCUT2D eigenvalue weighted by Crippen LogP contribution is 2.37. The Hall–Kier alpha value is -2.27. The van der Waals surface area contributed by atoms with Crippen LogP contribution in [0.2, 0.25) is 0 Å². The number of carbonyl (C=O) groups is 1. The van der Waals surface area contributed by atoms with Gasteiger partial charge >= 0.3 is 0 Å². The fourth-order valence-electron chi connectivity index (χ4n) is 2.21. The molecule has 0 saturated carbocycles. The van der Waals surface area contributed by atoms with Gasteiger partial charge in [0.1, 0.15) is 11.6 Å². The van der Waals surface area contributed by atoms with Gasteiger partial charge in [0.05, 0.1) is 7.11 Å². The van der Waals surface area contributed by atoms with E-state index in [4.69, 9.17) is 4.74 Å². The molecule has 0 spiro atoms. The summed E-state index contributed by atoms with van der Waals surface area (Å²) >= 11 is 1.24. The number of hydrogen-bond donors (Lipinski definition) is 0. The zero-order valence-corrected chi connectivity index (χ0v) is 13.0. The van der Waals surface area contributed by atoms with E-state index in [2.05, 4.69) is 0 Å². The van der Waals surface area contributed by atoms with Crippen molar-refractivity contribution in [1.82, 2.24) is 4.31 Å². The first-order chi connectivity index (χ1) is 10.6. The third kappa shape index (κ3) is 2.72. The Labute approximate surface area is 132 Å². The lowest BCUT2D eigenvalue weighted by atomic mass is 10.1. The molecule has 0 unspecified atom stereocenters. The summed E-state index contributed by atoms with van der Waals surface area (Å²) in [7, 11) is 1.58. The number of amides is 1. The molecule has 0 aliphatic carbocycles. The molecule has 0 bridgehead atoms. The number of halogens is 1. The van der Waals surface area contributed by atoms with Crippen molar-refractivity contribution in [3.8, 4) is 5.75 Å². The smallest absolute Gasteiger partial charge is 0.268 e. The van der Waals surface area contributed by atoms with E-state index in [1.165, 1.54) is 24.1 Å². The maximum Gasteiger partial charge on any atom is 0.268 e. The molecule has 112 valence electrons. The molecule has 1 aliphatic rings. The van der Waals surface area contributed by atoms with E-state index in [1.54, 1.807) is 41.7 Å². The zero-order chi connectivity index (χ0) is 15.7. The molecule has 1 amide bonds. The molecule has 3 rings (SSSR count). The molecule has 3 nitrogen and oxygen atoms in total. The molecule has 2 aromatic rings. The number of benzene rings is 2. The minimum absolute atomic E-state index is 0.142. The van der Waals surface area contributed by atoms with Crippen molar-refractivity contribution in [3.05, 3.63) is 65.1 Å². The summed E-state index contributed by atoms with van der Waals surface area (Å²) in [5.41, 5.74) is 2.29. The van der Waals surface area contributed by atoms with Crippen molar-refractivity contribution in [1.29, 1.82) is 0 Å². The van der Waals surface area contributed by atoms with Crippen LogP contribution >= 0.6 is 11.9 Å². The monoisotopic (exact) mass is 315 g/mol. The summed E-state index contributed by atoms with van der Waals surface area (Å²) < 4.78 is 20.0.